The van der Waals surface area contributed by atoms with E-state index in [0.29, 0.717) is 25.4 Å². The van der Waals surface area contributed by atoms with Crippen molar-refractivity contribution in [2.24, 2.45) is 13.0 Å². The molecular weight excluding hydrogens is 594 g/mol. The van der Waals surface area contributed by atoms with E-state index in [1.165, 1.54) is 23.2 Å². The molecule has 3 atom stereocenters. The average Bonchev–Trinajstić information content (AvgIpc) is 3.47. The third kappa shape index (κ3) is 7.83. The van der Waals surface area contributed by atoms with E-state index in [1.54, 1.807) is 31.0 Å². The van der Waals surface area contributed by atoms with Crippen molar-refractivity contribution < 1.29 is 27.8 Å². The Kier molecular flexibility index (Phi) is 9.76. The first-order valence-electron chi connectivity index (χ1n) is 14.8. The summed E-state index contributed by atoms with van der Waals surface area (Å²) in [6.45, 7) is 5.18. The van der Waals surface area contributed by atoms with Crippen LogP contribution in [0.5, 0.6) is 17.2 Å². The van der Waals surface area contributed by atoms with Gasteiger partial charge < -0.3 is 24.0 Å². The molecule has 45 heavy (non-hydrogen) atoms. The Morgan fingerprint density at radius 2 is 1.82 bits per heavy atom. The molecule has 5 rings (SSSR count). The molecule has 0 saturated carbocycles. The van der Waals surface area contributed by atoms with Gasteiger partial charge in [0, 0.05) is 44.5 Å². The molecule has 0 spiro atoms. The molecule has 1 aromatic heterocycles. The minimum absolute atomic E-state index is 0.0671. The van der Waals surface area contributed by atoms with E-state index in [9.17, 15) is 18.3 Å². The van der Waals surface area contributed by atoms with Gasteiger partial charge in [-0.3, -0.25) is 14.4 Å². The fraction of sp³-hybridized carbons (Fsp3) is 0.333. The summed E-state index contributed by atoms with van der Waals surface area (Å²) in [6, 6.07) is 21.8. The number of para-hydroxylation sites is 1. The van der Waals surface area contributed by atoms with Crippen LogP contribution < -0.4 is 14.2 Å². The number of aliphatic hydroxyl groups is 1. The lowest BCUT2D eigenvalue weighted by molar-refractivity contribution is 0.0341. The van der Waals surface area contributed by atoms with Gasteiger partial charge in [-0.15, -0.1) is 0 Å². The molecule has 0 bridgehead atoms. The van der Waals surface area contributed by atoms with Gasteiger partial charge >= 0.3 is 0 Å². The summed E-state index contributed by atoms with van der Waals surface area (Å²) < 4.78 is 42.3. The SMILES string of the molecule is C[C@@H]1CN([C@@H](C)CO)C(=O)c2cc(NS(=O)(=O)c3cn(C)cn3)ccc2O[C@H]1CN(C)Cc1ccc(Oc2ccccc2)cc1. The summed E-state index contributed by atoms with van der Waals surface area (Å²) in [5.41, 5.74) is 1.52. The number of rotatable bonds is 11. The number of amides is 1. The van der Waals surface area contributed by atoms with Crippen molar-refractivity contribution >= 4 is 21.6 Å². The van der Waals surface area contributed by atoms with Gasteiger partial charge in [-0.1, -0.05) is 37.3 Å². The lowest BCUT2D eigenvalue weighted by Crippen LogP contribution is -2.49. The van der Waals surface area contributed by atoms with E-state index in [-0.39, 0.29) is 40.8 Å². The molecule has 0 fully saturated rings. The second kappa shape index (κ2) is 13.7. The number of hydrogen-bond acceptors (Lipinski definition) is 8. The van der Waals surface area contributed by atoms with Crippen molar-refractivity contribution in [2.45, 2.75) is 37.6 Å². The highest BCUT2D eigenvalue weighted by molar-refractivity contribution is 7.92. The first-order chi connectivity index (χ1) is 21.5. The van der Waals surface area contributed by atoms with E-state index in [4.69, 9.17) is 9.47 Å². The van der Waals surface area contributed by atoms with Crippen LogP contribution in [-0.2, 0) is 23.6 Å². The zero-order chi connectivity index (χ0) is 32.1. The molecule has 0 aliphatic carbocycles. The third-order valence-electron chi connectivity index (χ3n) is 7.72. The Hall–Kier alpha value is -4.39. The number of ether oxygens (including phenoxy) is 2. The second-order valence-corrected chi connectivity index (χ2v) is 13.2. The molecule has 4 aromatic rings. The van der Waals surface area contributed by atoms with Crippen LogP contribution in [0.25, 0.3) is 0 Å². The fourth-order valence-electron chi connectivity index (χ4n) is 5.21. The maximum atomic E-state index is 13.8. The number of fused-ring (bicyclic) bond motifs is 1. The number of aliphatic hydroxyl groups excluding tert-OH is 1. The largest absolute Gasteiger partial charge is 0.488 e. The minimum Gasteiger partial charge on any atom is -0.488 e. The Labute approximate surface area is 264 Å². The molecule has 12 heteroatoms. The summed E-state index contributed by atoms with van der Waals surface area (Å²) in [5, 5.41) is 9.84. The summed E-state index contributed by atoms with van der Waals surface area (Å²) in [6.07, 6.45) is 2.49. The zero-order valence-corrected chi connectivity index (χ0v) is 26.6. The van der Waals surface area contributed by atoms with Crippen LogP contribution in [0, 0.1) is 5.92 Å². The first kappa shape index (κ1) is 32.0. The number of anilines is 1. The van der Waals surface area contributed by atoms with Crippen molar-refractivity contribution in [3.05, 3.63) is 96.4 Å². The van der Waals surface area contributed by atoms with Gasteiger partial charge in [-0.25, -0.2) is 4.98 Å². The van der Waals surface area contributed by atoms with Crippen LogP contribution in [0.3, 0.4) is 0 Å². The van der Waals surface area contributed by atoms with Crippen LogP contribution in [-0.4, -0.2) is 77.7 Å². The van der Waals surface area contributed by atoms with E-state index >= 15 is 0 Å². The van der Waals surface area contributed by atoms with E-state index in [2.05, 4.69) is 14.6 Å². The van der Waals surface area contributed by atoms with Gasteiger partial charge in [-0.05, 0) is 62.0 Å². The Bertz CT molecular complexity index is 1710. The minimum atomic E-state index is -3.97. The number of nitrogens with zero attached hydrogens (tertiary/aromatic N) is 4. The van der Waals surface area contributed by atoms with Crippen LogP contribution in [0.2, 0.25) is 0 Å². The number of hydrogen-bond donors (Lipinski definition) is 2. The molecule has 0 unspecified atom stereocenters. The smallest absolute Gasteiger partial charge is 0.280 e. The van der Waals surface area contributed by atoms with Crippen molar-refractivity contribution in [2.75, 3.05) is 31.5 Å². The highest BCUT2D eigenvalue weighted by Gasteiger charge is 2.34. The average molecular weight is 634 g/mol. The van der Waals surface area contributed by atoms with Crippen molar-refractivity contribution in [1.29, 1.82) is 0 Å². The maximum Gasteiger partial charge on any atom is 0.280 e. The molecule has 3 aromatic carbocycles. The number of sulfonamides is 1. The number of carbonyl (C=O) groups excluding carboxylic acids is 1. The van der Waals surface area contributed by atoms with Gasteiger partial charge in [-0.2, -0.15) is 8.42 Å². The topological polar surface area (TPSA) is 126 Å². The van der Waals surface area contributed by atoms with Crippen molar-refractivity contribution in [1.82, 2.24) is 19.4 Å². The molecule has 0 radical (unpaired) electrons. The van der Waals surface area contributed by atoms with Gasteiger partial charge in [0.25, 0.3) is 15.9 Å². The molecule has 11 nitrogen and oxygen atoms in total. The normalized spacial score (nSPS) is 17.6. The van der Waals surface area contributed by atoms with Crippen molar-refractivity contribution in [3.8, 4) is 17.2 Å². The quantitative estimate of drug-likeness (QED) is 0.250. The fourth-order valence-corrected chi connectivity index (χ4v) is 6.24. The van der Waals surface area contributed by atoms with Crippen LogP contribution in [0.4, 0.5) is 5.69 Å². The number of benzene rings is 3. The van der Waals surface area contributed by atoms with Gasteiger partial charge in [0.1, 0.15) is 23.4 Å². The predicted octanol–water partition coefficient (Wildman–Crippen LogP) is 4.37. The lowest BCUT2D eigenvalue weighted by Gasteiger charge is -2.38. The Morgan fingerprint density at radius 1 is 1.11 bits per heavy atom. The number of aryl methyl sites for hydroxylation is 1. The van der Waals surface area contributed by atoms with Crippen LogP contribution >= 0.6 is 0 Å². The highest BCUT2D eigenvalue weighted by atomic mass is 32.2. The number of carbonyl (C=O) groups is 1. The van der Waals surface area contributed by atoms with Gasteiger partial charge in [0.05, 0.1) is 24.5 Å². The third-order valence-corrected chi connectivity index (χ3v) is 8.99. The Morgan fingerprint density at radius 3 is 2.49 bits per heavy atom. The molecule has 1 amide bonds. The van der Waals surface area contributed by atoms with E-state index in [1.807, 2.05) is 68.6 Å². The molecule has 1 aliphatic rings. The standard InChI is InChI=1S/C33H39N5O6S/c1-23-17-38(24(2)21-39)33(40)29-16-26(35-45(41,42)32-20-37(4)22-34-32)12-15-30(29)44-31(23)19-36(3)18-25-10-13-28(14-11-25)43-27-8-6-5-7-9-27/h5-16,20,22-24,31,35,39H,17-19,21H2,1-4H3/t23-,24+,31+/m1/s1. The van der Waals surface area contributed by atoms with Crippen LogP contribution in [0.15, 0.2) is 90.3 Å². The lowest BCUT2D eigenvalue weighted by atomic mass is 9.99. The van der Waals surface area contributed by atoms with Gasteiger partial charge in [0.2, 0.25) is 0 Å². The summed E-state index contributed by atoms with van der Waals surface area (Å²) in [5.74, 6) is 1.47. The number of likely N-dealkylation sites (N-methyl/N-ethyl adjacent to an activating group) is 1. The van der Waals surface area contributed by atoms with E-state index < -0.39 is 16.1 Å². The molecule has 2 N–H and O–H groups in total. The summed E-state index contributed by atoms with van der Waals surface area (Å²) >= 11 is 0. The maximum absolute atomic E-state index is 13.8. The number of aromatic nitrogens is 2. The van der Waals surface area contributed by atoms with Crippen LogP contribution in [0.1, 0.15) is 29.8 Å². The van der Waals surface area contributed by atoms with E-state index in [0.717, 1.165) is 17.1 Å². The predicted molar refractivity (Wildman–Crippen MR) is 171 cm³/mol. The zero-order valence-electron chi connectivity index (χ0n) is 25.8. The molecular formula is C33H39N5O6S. The molecule has 238 valence electrons. The van der Waals surface area contributed by atoms with Crippen molar-refractivity contribution in [3.63, 3.8) is 0 Å². The summed E-state index contributed by atoms with van der Waals surface area (Å²) in [4.78, 5) is 21.5. The molecule has 0 saturated heterocycles. The monoisotopic (exact) mass is 633 g/mol. The Balaban J connectivity index is 1.33. The molecule has 2 heterocycles. The first-order valence-corrected chi connectivity index (χ1v) is 16.2. The number of imidazole rings is 1. The summed E-state index contributed by atoms with van der Waals surface area (Å²) in [7, 11) is -0.283. The highest BCUT2D eigenvalue weighted by Crippen LogP contribution is 2.31. The second-order valence-electron chi connectivity index (χ2n) is 11.6. The molecule has 1 aliphatic heterocycles. The van der Waals surface area contributed by atoms with Gasteiger partial charge in [0.15, 0.2) is 5.03 Å². The number of nitrogens with one attached hydrogen (secondary N) is 1.